The molecule has 74 heavy (non-hydrogen) atoms. The Kier molecular flexibility index (Phi) is 19.1. The Morgan fingerprint density at radius 1 is 0.784 bits per heavy atom. The highest BCUT2D eigenvalue weighted by atomic mass is 16.5. The molecule has 4 aromatic rings. The summed E-state index contributed by atoms with van der Waals surface area (Å²) in [6.07, 6.45) is -0.441. The summed E-state index contributed by atoms with van der Waals surface area (Å²) in [6, 6.07) is 27.9. The third-order valence-corrected chi connectivity index (χ3v) is 13.3. The van der Waals surface area contributed by atoms with Crippen molar-refractivity contribution < 1.29 is 52.9 Å². The minimum absolute atomic E-state index is 0.0259. The summed E-state index contributed by atoms with van der Waals surface area (Å²) in [6.45, 7) is -0.598. The number of carbonyl (C=O) groups excluding carboxylic acids is 8. The lowest BCUT2D eigenvalue weighted by Gasteiger charge is -2.32. The zero-order valence-electron chi connectivity index (χ0n) is 41.5. The summed E-state index contributed by atoms with van der Waals surface area (Å²) in [5.74, 6) is -4.74. The molecular weight excluding hydrogens is 951 g/mol. The number of hydrogen-bond acceptors (Lipinski definition) is 12. The van der Waals surface area contributed by atoms with E-state index in [1.54, 1.807) is 30.3 Å². The van der Waals surface area contributed by atoms with Crippen LogP contribution in [0.4, 0.5) is 4.79 Å². The number of amides is 8. The summed E-state index contributed by atoms with van der Waals surface area (Å²) in [5, 5.41) is 30.5. The van der Waals surface area contributed by atoms with Gasteiger partial charge in [0, 0.05) is 84.0 Å². The van der Waals surface area contributed by atoms with Crippen LogP contribution < -0.4 is 47.3 Å². The molecule has 2 heterocycles. The molecule has 1 saturated heterocycles. The highest BCUT2D eigenvalue weighted by Gasteiger charge is 2.47. The lowest BCUT2D eigenvalue weighted by Crippen LogP contribution is -2.63. The van der Waals surface area contributed by atoms with Crippen LogP contribution in [0.1, 0.15) is 59.4 Å². The maximum Gasteiger partial charge on any atom is 0.407 e. The standard InChI is InChI=1S/C54H65N9O11/c1-63-27-22-37-36(30-63)13-9-18-45(37)73-28-10-23-55-46(65)20-25-57-51(70)54(33-59-47(66)19-24-56-50(69)44(31-64)61-48(67)21-26-58-52(54)71)34-60-49(68)43(29-35-11-3-2-4-12-35)62-53(72)74-32-42-40-16-7-5-14-38(40)39-15-6-8-17-41(39)42/h2-9,11-18,42-44,64H,10,19-34H2,1H3,(H,55,65)(H,56,69)(H,57,70)(H,58,71)(H,59,66)(H,60,68)(H,61,67)(H,62,72)/t43-,44-,54?/m0/s1. The van der Waals surface area contributed by atoms with Crippen LogP contribution in [0.15, 0.2) is 97.1 Å². The van der Waals surface area contributed by atoms with Gasteiger partial charge in [-0.3, -0.25) is 33.6 Å². The molecule has 1 fully saturated rings. The van der Waals surface area contributed by atoms with Crippen molar-refractivity contribution in [3.8, 4) is 16.9 Å². The van der Waals surface area contributed by atoms with E-state index in [2.05, 4.69) is 60.5 Å². The third-order valence-electron chi connectivity index (χ3n) is 13.3. The van der Waals surface area contributed by atoms with Gasteiger partial charge in [-0.1, -0.05) is 91.0 Å². The molecule has 0 spiro atoms. The Labute approximate surface area is 429 Å². The number of rotatable bonds is 18. The second-order valence-corrected chi connectivity index (χ2v) is 18.6. The summed E-state index contributed by atoms with van der Waals surface area (Å²) in [5.41, 5.74) is 4.82. The van der Waals surface area contributed by atoms with Gasteiger partial charge in [0.1, 0.15) is 24.4 Å². The molecule has 0 radical (unpaired) electrons. The molecule has 2 aliphatic heterocycles. The molecule has 0 bridgehead atoms. The topological polar surface area (TPSA) is 275 Å². The number of ether oxygens (including phenoxy) is 2. The number of hydrogen-bond donors (Lipinski definition) is 9. The van der Waals surface area contributed by atoms with E-state index < -0.39 is 84.6 Å². The van der Waals surface area contributed by atoms with Crippen LogP contribution in [0, 0.1) is 5.41 Å². The Morgan fingerprint density at radius 3 is 2.23 bits per heavy atom. The Morgan fingerprint density at radius 2 is 1.49 bits per heavy atom. The van der Waals surface area contributed by atoms with E-state index in [0.717, 1.165) is 47.5 Å². The third kappa shape index (κ3) is 14.2. The van der Waals surface area contributed by atoms with Crippen molar-refractivity contribution in [3.63, 3.8) is 0 Å². The summed E-state index contributed by atoms with van der Waals surface area (Å²) >= 11 is 0. The van der Waals surface area contributed by atoms with Gasteiger partial charge in [0.2, 0.25) is 41.4 Å². The first-order chi connectivity index (χ1) is 35.8. The molecule has 1 aliphatic carbocycles. The van der Waals surface area contributed by atoms with Crippen LogP contribution in [0.2, 0.25) is 0 Å². The van der Waals surface area contributed by atoms with E-state index in [1.807, 2.05) is 60.7 Å². The van der Waals surface area contributed by atoms with E-state index in [0.29, 0.717) is 18.6 Å². The average molecular weight is 1020 g/mol. The van der Waals surface area contributed by atoms with Crippen molar-refractivity contribution in [2.75, 3.05) is 72.7 Å². The van der Waals surface area contributed by atoms with Gasteiger partial charge in [-0.15, -0.1) is 0 Å². The number of alkyl carbamates (subject to hydrolysis) is 1. The SMILES string of the molecule is CN1CCc2c(cccc2OCCCNC(=O)CCNC(=O)C2(CNC(=O)[C@H](Cc3ccccc3)NC(=O)OCC3c4ccccc4-c4ccccc43)CNC(=O)CCNC(=O)[C@H](CO)NC(=O)CCNC2=O)C1. The first-order valence-electron chi connectivity index (χ1n) is 25.0. The molecule has 4 aromatic carbocycles. The van der Waals surface area contributed by atoms with Crippen LogP contribution in [-0.2, 0) is 57.7 Å². The van der Waals surface area contributed by atoms with E-state index in [-0.39, 0.29) is 64.4 Å². The van der Waals surface area contributed by atoms with Crippen molar-refractivity contribution in [2.45, 2.75) is 63.1 Å². The number of carbonyl (C=O) groups is 8. The fourth-order valence-corrected chi connectivity index (χ4v) is 9.25. The van der Waals surface area contributed by atoms with Crippen molar-refractivity contribution in [3.05, 3.63) is 125 Å². The van der Waals surface area contributed by atoms with Gasteiger partial charge < -0.3 is 62.0 Å². The first kappa shape index (κ1) is 53.9. The smallest absolute Gasteiger partial charge is 0.407 e. The van der Waals surface area contributed by atoms with Crippen LogP contribution >= 0.6 is 0 Å². The Balaban J connectivity index is 1.03. The van der Waals surface area contributed by atoms with E-state index in [1.165, 1.54) is 11.1 Å². The average Bonchev–Trinajstić information content (AvgIpc) is 3.72. The predicted molar refractivity (Wildman–Crippen MR) is 272 cm³/mol. The number of benzene rings is 4. The molecule has 0 aromatic heterocycles. The molecule has 7 rings (SSSR count). The zero-order valence-corrected chi connectivity index (χ0v) is 41.5. The highest BCUT2D eigenvalue weighted by molar-refractivity contribution is 6.07. The van der Waals surface area contributed by atoms with Gasteiger partial charge in [0.15, 0.2) is 5.41 Å². The van der Waals surface area contributed by atoms with Crippen molar-refractivity contribution in [1.29, 1.82) is 0 Å². The largest absolute Gasteiger partial charge is 0.493 e. The van der Waals surface area contributed by atoms with Crippen LogP contribution in [0.25, 0.3) is 11.1 Å². The number of nitrogens with zero attached hydrogens (tertiary/aromatic N) is 1. The lowest BCUT2D eigenvalue weighted by molar-refractivity contribution is -0.143. The second kappa shape index (κ2) is 26.2. The number of likely N-dealkylation sites (N-methyl/N-ethyl adjacent to an activating group) is 1. The van der Waals surface area contributed by atoms with Crippen LogP contribution in [0.3, 0.4) is 0 Å². The molecule has 3 aliphatic rings. The summed E-state index contributed by atoms with van der Waals surface area (Å²) < 4.78 is 11.9. The minimum atomic E-state index is -2.31. The molecule has 3 atom stereocenters. The molecule has 20 nitrogen and oxygen atoms in total. The van der Waals surface area contributed by atoms with E-state index >= 15 is 0 Å². The normalized spacial score (nSPS) is 18.7. The predicted octanol–water partition coefficient (Wildman–Crippen LogP) is 0.938. The fraction of sp³-hybridized carbons (Fsp3) is 0.407. The second-order valence-electron chi connectivity index (χ2n) is 18.6. The van der Waals surface area contributed by atoms with Crippen molar-refractivity contribution in [2.24, 2.45) is 5.41 Å². The molecule has 0 saturated carbocycles. The quantitative estimate of drug-likeness (QED) is 0.0498. The van der Waals surface area contributed by atoms with Gasteiger partial charge in [-0.05, 0) is 64.9 Å². The van der Waals surface area contributed by atoms with E-state index in [4.69, 9.17) is 9.47 Å². The highest BCUT2D eigenvalue weighted by Crippen LogP contribution is 2.44. The molecule has 9 N–H and O–H groups in total. The number of aliphatic hydroxyl groups excluding tert-OH is 1. The zero-order chi connectivity index (χ0) is 52.5. The Hall–Kier alpha value is -7.84. The fourth-order valence-electron chi connectivity index (χ4n) is 9.25. The lowest BCUT2D eigenvalue weighted by atomic mass is 9.84. The molecular formula is C54H65N9O11. The molecule has 1 unspecified atom stereocenters. The van der Waals surface area contributed by atoms with Gasteiger partial charge in [-0.2, -0.15) is 0 Å². The van der Waals surface area contributed by atoms with Gasteiger partial charge >= 0.3 is 6.09 Å². The number of fused-ring (bicyclic) bond motifs is 4. The van der Waals surface area contributed by atoms with Crippen molar-refractivity contribution in [1.82, 2.24) is 47.4 Å². The molecule has 392 valence electrons. The van der Waals surface area contributed by atoms with Crippen LogP contribution in [0.5, 0.6) is 5.75 Å². The molecule has 20 heteroatoms. The van der Waals surface area contributed by atoms with Crippen molar-refractivity contribution >= 4 is 47.4 Å². The van der Waals surface area contributed by atoms with Gasteiger partial charge in [0.25, 0.3) is 0 Å². The maximum atomic E-state index is 14.5. The Bertz CT molecular complexity index is 2620. The van der Waals surface area contributed by atoms with Gasteiger partial charge in [0.05, 0.1) is 13.2 Å². The van der Waals surface area contributed by atoms with Gasteiger partial charge in [-0.25, -0.2) is 4.79 Å². The number of nitrogens with one attached hydrogen (secondary N) is 8. The maximum absolute atomic E-state index is 14.5. The first-order valence-corrected chi connectivity index (χ1v) is 25.0. The summed E-state index contributed by atoms with van der Waals surface area (Å²) in [7, 11) is 2.08. The molecule has 8 amide bonds. The monoisotopic (exact) mass is 1020 g/mol. The van der Waals surface area contributed by atoms with Crippen LogP contribution in [-0.4, -0.2) is 142 Å². The minimum Gasteiger partial charge on any atom is -0.493 e. The number of aliphatic hydroxyl groups is 1. The summed E-state index contributed by atoms with van der Waals surface area (Å²) in [4.78, 5) is 111. The van der Waals surface area contributed by atoms with E-state index in [9.17, 15) is 43.5 Å².